The first kappa shape index (κ1) is 49.2. The molecule has 50 heavy (non-hydrogen) atoms. The Morgan fingerprint density at radius 3 is 1.36 bits per heavy atom. The van der Waals surface area contributed by atoms with Crippen LogP contribution in [-0.2, 0) is 18.4 Å². The first-order valence-corrected chi connectivity index (χ1v) is 22.5. The molecule has 0 bridgehead atoms. The van der Waals surface area contributed by atoms with Gasteiger partial charge < -0.3 is 19.8 Å². The highest BCUT2D eigenvalue weighted by molar-refractivity contribution is 7.47. The van der Waals surface area contributed by atoms with Crippen molar-refractivity contribution in [1.82, 2.24) is 5.32 Å². The summed E-state index contributed by atoms with van der Waals surface area (Å²) in [6, 6.07) is -0.843. The van der Waals surface area contributed by atoms with Crippen molar-refractivity contribution in [3.63, 3.8) is 0 Å². The minimum atomic E-state index is -4.29. The zero-order chi connectivity index (χ0) is 37.2. The number of carbonyl (C=O) groups excluding carboxylic acids is 1. The lowest BCUT2D eigenvalue weighted by molar-refractivity contribution is -0.870. The van der Waals surface area contributed by atoms with Crippen LogP contribution in [0.15, 0.2) is 12.2 Å². The Balaban J connectivity index is 3.61. The molecule has 0 aliphatic carbocycles. The lowest BCUT2D eigenvalue weighted by Crippen LogP contribution is -2.44. The second-order valence-corrected chi connectivity index (χ2v) is 17.3. The van der Waals surface area contributed by atoms with E-state index < -0.39 is 20.0 Å². The van der Waals surface area contributed by atoms with Gasteiger partial charge in [0, 0.05) is 6.92 Å². The molecule has 0 aromatic carbocycles. The fourth-order valence-corrected chi connectivity index (χ4v) is 6.99. The highest BCUT2D eigenvalue weighted by atomic mass is 31.2. The number of carbonyl (C=O) groups is 1. The molecule has 8 nitrogen and oxygen atoms in total. The summed E-state index contributed by atoms with van der Waals surface area (Å²) in [7, 11) is 1.57. The number of nitrogens with one attached hydrogen (secondary N) is 1. The largest absolute Gasteiger partial charge is 0.472 e. The molecule has 0 rings (SSSR count). The van der Waals surface area contributed by atoms with Gasteiger partial charge in [-0.1, -0.05) is 186 Å². The Morgan fingerprint density at radius 2 is 1.02 bits per heavy atom. The van der Waals surface area contributed by atoms with Crippen molar-refractivity contribution in [2.45, 2.75) is 206 Å². The first-order chi connectivity index (χ1) is 24.0. The molecule has 0 aromatic rings. The summed E-state index contributed by atoms with van der Waals surface area (Å²) in [5, 5.41) is 13.1. The number of quaternary nitrogens is 1. The second kappa shape index (κ2) is 34.0. The monoisotopic (exact) mass is 732 g/mol. The van der Waals surface area contributed by atoms with E-state index in [0.29, 0.717) is 11.0 Å². The van der Waals surface area contributed by atoms with E-state index in [1.807, 2.05) is 27.2 Å². The highest BCUT2D eigenvalue weighted by Crippen LogP contribution is 2.43. The van der Waals surface area contributed by atoms with Crippen LogP contribution < -0.4 is 5.32 Å². The van der Waals surface area contributed by atoms with Gasteiger partial charge in [-0.3, -0.25) is 13.8 Å². The number of aliphatic hydroxyl groups excluding tert-OH is 1. The van der Waals surface area contributed by atoms with Crippen molar-refractivity contribution >= 4 is 13.7 Å². The Hall–Kier alpha value is -0.760. The van der Waals surface area contributed by atoms with Gasteiger partial charge in [0.15, 0.2) is 0 Å². The topological polar surface area (TPSA) is 105 Å². The van der Waals surface area contributed by atoms with E-state index in [1.165, 1.54) is 167 Å². The molecule has 0 aromatic heterocycles. The summed E-state index contributed by atoms with van der Waals surface area (Å²) < 4.78 is 22.9. The van der Waals surface area contributed by atoms with Crippen LogP contribution >= 0.6 is 7.82 Å². The fraction of sp³-hybridized carbons (Fsp3) is 0.927. The zero-order valence-corrected chi connectivity index (χ0v) is 34.5. The van der Waals surface area contributed by atoms with E-state index in [4.69, 9.17) is 9.05 Å². The molecule has 0 radical (unpaired) electrons. The van der Waals surface area contributed by atoms with Crippen molar-refractivity contribution in [3.05, 3.63) is 12.2 Å². The molecule has 1 amide bonds. The fourth-order valence-electron chi connectivity index (χ4n) is 6.25. The molecule has 0 fully saturated rings. The van der Waals surface area contributed by atoms with Gasteiger partial charge in [0.25, 0.3) is 0 Å². The van der Waals surface area contributed by atoms with Crippen molar-refractivity contribution < 1.29 is 32.9 Å². The van der Waals surface area contributed by atoms with Crippen molar-refractivity contribution in [2.75, 3.05) is 40.9 Å². The molecule has 298 valence electrons. The molecule has 0 saturated heterocycles. The summed E-state index contributed by atoms with van der Waals surface area (Å²) in [5.74, 6) is -0.352. The number of phosphoric acid groups is 1. The molecule has 0 aliphatic heterocycles. The van der Waals surface area contributed by atoms with Gasteiger partial charge in [0.2, 0.25) is 5.91 Å². The van der Waals surface area contributed by atoms with E-state index in [9.17, 15) is 19.4 Å². The number of likely N-dealkylation sites (N-methyl/N-ethyl adjacent to an activating group) is 1. The molecule has 3 unspecified atom stereocenters. The maximum atomic E-state index is 12.2. The van der Waals surface area contributed by atoms with Crippen LogP contribution in [0.25, 0.3) is 0 Å². The average molecular weight is 732 g/mol. The molecule has 0 heterocycles. The minimum absolute atomic E-state index is 0.0597. The third-order valence-corrected chi connectivity index (χ3v) is 10.5. The van der Waals surface area contributed by atoms with Gasteiger partial charge in [0.1, 0.15) is 13.2 Å². The van der Waals surface area contributed by atoms with Crippen LogP contribution in [0.5, 0.6) is 0 Å². The van der Waals surface area contributed by atoms with Crippen molar-refractivity contribution in [3.8, 4) is 0 Å². The molecular formula is C41H84N2O6P+. The number of rotatable bonds is 38. The molecule has 0 aliphatic rings. The Bertz CT molecular complexity index is 834. The number of amides is 1. The number of allylic oxidation sites excluding steroid dienone is 1. The van der Waals surface area contributed by atoms with E-state index in [2.05, 4.69) is 12.2 Å². The van der Waals surface area contributed by atoms with Gasteiger partial charge in [-0.2, -0.15) is 0 Å². The summed E-state index contributed by atoms with van der Waals surface area (Å²) in [6.45, 7) is 3.89. The number of hydrogen-bond donors (Lipinski definition) is 3. The lowest BCUT2D eigenvalue weighted by Gasteiger charge is -2.25. The highest BCUT2D eigenvalue weighted by Gasteiger charge is 2.27. The molecule has 0 spiro atoms. The van der Waals surface area contributed by atoms with Gasteiger partial charge in [-0.15, -0.1) is 0 Å². The van der Waals surface area contributed by atoms with Crippen molar-refractivity contribution in [1.29, 1.82) is 0 Å². The number of aliphatic hydroxyl groups is 1. The molecule has 0 saturated carbocycles. The Morgan fingerprint density at radius 1 is 0.660 bits per heavy atom. The van der Waals surface area contributed by atoms with Crippen LogP contribution in [0.4, 0.5) is 0 Å². The van der Waals surface area contributed by atoms with Crippen LogP contribution in [-0.4, -0.2) is 73.4 Å². The molecular weight excluding hydrogens is 647 g/mol. The smallest absolute Gasteiger partial charge is 0.387 e. The third kappa shape index (κ3) is 37.0. The SMILES string of the molecule is CCCCCCCCCCCCCCCCCCCCCCCCCCCCC/C=C/C(O)C(COP(=O)(O)OCC[N+](C)(C)C)NC(C)=O. The van der Waals surface area contributed by atoms with E-state index >= 15 is 0 Å². The van der Waals surface area contributed by atoms with Crippen LogP contribution in [0.3, 0.4) is 0 Å². The van der Waals surface area contributed by atoms with Gasteiger partial charge in [0.05, 0.1) is 39.9 Å². The van der Waals surface area contributed by atoms with Crippen molar-refractivity contribution in [2.24, 2.45) is 0 Å². The van der Waals surface area contributed by atoms with E-state index in [1.54, 1.807) is 6.08 Å². The summed E-state index contributed by atoms with van der Waals surface area (Å²) in [6.07, 6.45) is 40.8. The number of nitrogens with zero attached hydrogens (tertiary/aromatic N) is 1. The average Bonchev–Trinajstić information content (AvgIpc) is 3.05. The van der Waals surface area contributed by atoms with Gasteiger partial charge in [-0.05, 0) is 12.8 Å². The molecule has 3 N–H and O–H groups in total. The minimum Gasteiger partial charge on any atom is -0.387 e. The first-order valence-electron chi connectivity index (χ1n) is 21.0. The van der Waals surface area contributed by atoms with E-state index in [0.717, 1.165) is 19.3 Å². The van der Waals surface area contributed by atoms with Gasteiger partial charge >= 0.3 is 7.82 Å². The summed E-state index contributed by atoms with van der Waals surface area (Å²) in [5.41, 5.74) is 0. The second-order valence-electron chi connectivity index (χ2n) is 15.8. The Labute approximate surface area is 310 Å². The van der Waals surface area contributed by atoms with Crippen LogP contribution in [0.2, 0.25) is 0 Å². The quantitative estimate of drug-likeness (QED) is 0.0253. The molecule has 9 heteroatoms. The predicted octanol–water partition coefficient (Wildman–Crippen LogP) is 11.2. The summed E-state index contributed by atoms with van der Waals surface area (Å²) in [4.78, 5) is 21.6. The summed E-state index contributed by atoms with van der Waals surface area (Å²) >= 11 is 0. The normalized spacial score (nSPS) is 14.6. The standard InChI is InChI=1S/C41H83N2O6P/c1-6-7-8-9-10-11-12-13-14-15-16-17-18-19-20-21-22-23-24-25-26-27-28-29-30-31-32-33-34-35-41(45)40(42-39(2)44)38-49-50(46,47)48-37-36-43(3,4)5/h34-35,40-41,45H,6-33,36-38H2,1-5H3,(H-,42,44,46,47)/p+1/b35-34+. The van der Waals surface area contributed by atoms with Crippen LogP contribution in [0.1, 0.15) is 194 Å². The van der Waals surface area contributed by atoms with Gasteiger partial charge in [-0.25, -0.2) is 4.57 Å². The number of unbranched alkanes of at least 4 members (excludes halogenated alkanes) is 27. The lowest BCUT2D eigenvalue weighted by atomic mass is 10.0. The van der Waals surface area contributed by atoms with E-state index in [-0.39, 0.29) is 19.1 Å². The number of phosphoric ester groups is 1. The third-order valence-electron chi connectivity index (χ3n) is 9.54. The van der Waals surface area contributed by atoms with Crippen LogP contribution in [0, 0.1) is 0 Å². The molecule has 3 atom stereocenters. The maximum Gasteiger partial charge on any atom is 0.472 e. The predicted molar refractivity (Wildman–Crippen MR) is 212 cm³/mol. The zero-order valence-electron chi connectivity index (χ0n) is 33.7. The Kier molecular flexibility index (Phi) is 33.5. The number of hydrogen-bond acceptors (Lipinski definition) is 5. The maximum absolute atomic E-state index is 12.2.